The SMILES string of the molecule is NC(=O)c1cc([N+](=O)[O-])ncc1OC1CC1. The van der Waals surface area contributed by atoms with Gasteiger partial charge in [-0.2, -0.15) is 0 Å². The van der Waals surface area contributed by atoms with Crippen molar-refractivity contribution in [3.63, 3.8) is 0 Å². The second-order valence-corrected chi connectivity index (χ2v) is 3.48. The summed E-state index contributed by atoms with van der Waals surface area (Å²) in [6.45, 7) is 0. The Labute approximate surface area is 90.4 Å². The van der Waals surface area contributed by atoms with Gasteiger partial charge < -0.3 is 20.6 Å². The fraction of sp³-hybridized carbons (Fsp3) is 0.333. The maximum Gasteiger partial charge on any atom is 0.364 e. The zero-order valence-electron chi connectivity index (χ0n) is 8.25. The van der Waals surface area contributed by atoms with Gasteiger partial charge in [-0.1, -0.05) is 0 Å². The molecule has 1 aliphatic carbocycles. The third kappa shape index (κ3) is 2.08. The molecule has 1 aromatic rings. The van der Waals surface area contributed by atoms with E-state index in [1.807, 2.05) is 0 Å². The number of nitro groups is 1. The standard InChI is InChI=1S/C9H9N3O4/c10-9(13)6-3-8(12(14)15)11-4-7(6)16-5-1-2-5/h3-5H,1-2H2,(H2,10,13). The minimum absolute atomic E-state index is 0.00593. The molecule has 2 N–H and O–H groups in total. The normalized spacial score (nSPS) is 14.5. The lowest BCUT2D eigenvalue weighted by Gasteiger charge is -2.05. The Morgan fingerprint density at radius 1 is 1.62 bits per heavy atom. The molecule has 1 fully saturated rings. The van der Waals surface area contributed by atoms with E-state index >= 15 is 0 Å². The summed E-state index contributed by atoms with van der Waals surface area (Å²) in [5.74, 6) is -0.973. The Hall–Kier alpha value is -2.18. The number of aromatic nitrogens is 1. The van der Waals surface area contributed by atoms with Gasteiger partial charge in [-0.05, 0) is 22.7 Å². The van der Waals surface area contributed by atoms with Crippen molar-refractivity contribution in [2.24, 2.45) is 5.73 Å². The first-order chi connectivity index (χ1) is 7.58. The van der Waals surface area contributed by atoms with Crippen molar-refractivity contribution < 1.29 is 14.5 Å². The number of hydrogen-bond acceptors (Lipinski definition) is 5. The van der Waals surface area contributed by atoms with Crippen LogP contribution in [0.3, 0.4) is 0 Å². The second-order valence-electron chi connectivity index (χ2n) is 3.48. The molecular formula is C9H9N3O4. The van der Waals surface area contributed by atoms with Crippen LogP contribution in [0.1, 0.15) is 23.2 Å². The van der Waals surface area contributed by atoms with E-state index in [2.05, 4.69) is 4.98 Å². The minimum atomic E-state index is -0.763. The molecule has 1 saturated carbocycles. The summed E-state index contributed by atoms with van der Waals surface area (Å²) in [5, 5.41) is 10.5. The zero-order chi connectivity index (χ0) is 11.7. The molecule has 2 rings (SSSR count). The highest BCUT2D eigenvalue weighted by molar-refractivity contribution is 5.96. The fourth-order valence-electron chi connectivity index (χ4n) is 1.18. The number of nitrogens with two attached hydrogens (primary N) is 1. The maximum absolute atomic E-state index is 11.1. The van der Waals surface area contributed by atoms with Gasteiger partial charge in [-0.15, -0.1) is 0 Å². The number of rotatable bonds is 4. The van der Waals surface area contributed by atoms with E-state index in [-0.39, 0.29) is 17.4 Å². The predicted octanol–water partition coefficient (Wildman–Crippen LogP) is 0.630. The van der Waals surface area contributed by atoms with E-state index in [1.165, 1.54) is 0 Å². The third-order valence-electron chi connectivity index (χ3n) is 2.12. The molecule has 1 aliphatic rings. The number of ether oxygens (including phenoxy) is 1. The van der Waals surface area contributed by atoms with Gasteiger partial charge in [0.05, 0.1) is 17.7 Å². The molecule has 7 nitrogen and oxygen atoms in total. The van der Waals surface area contributed by atoms with Crippen LogP contribution < -0.4 is 10.5 Å². The van der Waals surface area contributed by atoms with Gasteiger partial charge in [0, 0.05) is 0 Å². The van der Waals surface area contributed by atoms with Gasteiger partial charge in [0.2, 0.25) is 0 Å². The van der Waals surface area contributed by atoms with Crippen LogP contribution in [0, 0.1) is 10.1 Å². The Bertz CT molecular complexity index is 456. The van der Waals surface area contributed by atoms with E-state index in [0.29, 0.717) is 0 Å². The Balaban J connectivity index is 2.35. The molecule has 0 aromatic carbocycles. The Kier molecular flexibility index (Phi) is 2.43. The molecule has 1 amide bonds. The zero-order valence-corrected chi connectivity index (χ0v) is 8.25. The van der Waals surface area contributed by atoms with Crippen LogP contribution in [0.15, 0.2) is 12.3 Å². The summed E-state index contributed by atoms with van der Waals surface area (Å²) < 4.78 is 5.37. The van der Waals surface area contributed by atoms with Crippen molar-refractivity contribution in [3.05, 3.63) is 27.9 Å². The topological polar surface area (TPSA) is 108 Å². The van der Waals surface area contributed by atoms with Crippen LogP contribution in [-0.4, -0.2) is 21.9 Å². The first-order valence-corrected chi connectivity index (χ1v) is 4.69. The van der Waals surface area contributed by atoms with Gasteiger partial charge in [0.25, 0.3) is 5.91 Å². The number of carbonyl (C=O) groups is 1. The van der Waals surface area contributed by atoms with Crippen LogP contribution in [0.2, 0.25) is 0 Å². The van der Waals surface area contributed by atoms with Crippen molar-refractivity contribution >= 4 is 11.7 Å². The molecule has 0 bridgehead atoms. The number of pyridine rings is 1. The van der Waals surface area contributed by atoms with E-state index in [9.17, 15) is 14.9 Å². The molecular weight excluding hydrogens is 214 g/mol. The van der Waals surface area contributed by atoms with E-state index in [1.54, 1.807) is 0 Å². The first kappa shape index (κ1) is 10.3. The fourth-order valence-corrected chi connectivity index (χ4v) is 1.18. The van der Waals surface area contributed by atoms with Crippen LogP contribution >= 0.6 is 0 Å². The number of nitrogens with zero attached hydrogens (tertiary/aromatic N) is 2. The lowest BCUT2D eigenvalue weighted by Crippen LogP contribution is -2.14. The van der Waals surface area contributed by atoms with Gasteiger partial charge in [-0.25, -0.2) is 0 Å². The van der Waals surface area contributed by atoms with Crippen LogP contribution in [0.25, 0.3) is 0 Å². The van der Waals surface area contributed by atoms with Crippen molar-refractivity contribution in [1.29, 1.82) is 0 Å². The summed E-state index contributed by atoms with van der Waals surface area (Å²) >= 11 is 0. The molecule has 1 aromatic heterocycles. The maximum atomic E-state index is 11.1. The smallest absolute Gasteiger partial charge is 0.364 e. The lowest BCUT2D eigenvalue weighted by atomic mass is 10.2. The summed E-state index contributed by atoms with van der Waals surface area (Å²) in [5.41, 5.74) is 5.10. The highest BCUT2D eigenvalue weighted by Gasteiger charge is 2.27. The number of carbonyl (C=O) groups excluding carboxylic acids is 1. The molecule has 0 spiro atoms. The number of amides is 1. The van der Waals surface area contributed by atoms with Crippen molar-refractivity contribution in [2.75, 3.05) is 0 Å². The van der Waals surface area contributed by atoms with Crippen LogP contribution in [0.5, 0.6) is 5.75 Å². The number of hydrogen-bond donors (Lipinski definition) is 1. The van der Waals surface area contributed by atoms with Crippen molar-refractivity contribution in [1.82, 2.24) is 4.98 Å². The summed E-state index contributed by atoms with van der Waals surface area (Å²) in [6.07, 6.45) is 3.06. The molecule has 0 aliphatic heterocycles. The van der Waals surface area contributed by atoms with Gasteiger partial charge in [-0.3, -0.25) is 4.79 Å². The minimum Gasteiger partial charge on any atom is -0.486 e. The largest absolute Gasteiger partial charge is 0.486 e. The average molecular weight is 223 g/mol. The molecule has 0 atom stereocenters. The summed E-state index contributed by atoms with van der Waals surface area (Å²) in [7, 11) is 0. The third-order valence-corrected chi connectivity index (χ3v) is 2.12. The molecule has 0 unspecified atom stereocenters. The predicted molar refractivity (Wildman–Crippen MR) is 53.1 cm³/mol. The number of primary amides is 1. The van der Waals surface area contributed by atoms with E-state index < -0.39 is 16.6 Å². The molecule has 1 heterocycles. The molecule has 0 radical (unpaired) electrons. The molecule has 0 saturated heterocycles. The van der Waals surface area contributed by atoms with E-state index in [0.717, 1.165) is 25.1 Å². The molecule has 7 heteroatoms. The van der Waals surface area contributed by atoms with E-state index in [4.69, 9.17) is 10.5 Å². The average Bonchev–Trinajstić information content (AvgIpc) is 3.01. The van der Waals surface area contributed by atoms with Crippen molar-refractivity contribution in [3.8, 4) is 5.75 Å². The van der Waals surface area contributed by atoms with Gasteiger partial charge in [0.15, 0.2) is 11.9 Å². The molecule has 16 heavy (non-hydrogen) atoms. The lowest BCUT2D eigenvalue weighted by molar-refractivity contribution is -0.389. The van der Waals surface area contributed by atoms with Gasteiger partial charge >= 0.3 is 5.82 Å². The van der Waals surface area contributed by atoms with Crippen molar-refractivity contribution in [2.45, 2.75) is 18.9 Å². The summed E-state index contributed by atoms with van der Waals surface area (Å²) in [6, 6.07) is 1.03. The van der Waals surface area contributed by atoms with Crippen LogP contribution in [-0.2, 0) is 0 Å². The van der Waals surface area contributed by atoms with Crippen LogP contribution in [0.4, 0.5) is 5.82 Å². The Morgan fingerprint density at radius 3 is 2.81 bits per heavy atom. The second kappa shape index (κ2) is 3.76. The molecule has 84 valence electrons. The highest BCUT2D eigenvalue weighted by Crippen LogP contribution is 2.29. The first-order valence-electron chi connectivity index (χ1n) is 4.69. The Morgan fingerprint density at radius 2 is 2.31 bits per heavy atom. The highest BCUT2D eigenvalue weighted by atomic mass is 16.6. The quantitative estimate of drug-likeness (QED) is 0.594. The summed E-state index contributed by atoms with van der Waals surface area (Å²) in [4.78, 5) is 24.4. The monoisotopic (exact) mass is 223 g/mol. The van der Waals surface area contributed by atoms with Gasteiger partial charge in [0.1, 0.15) is 0 Å².